The molecule has 0 aliphatic heterocycles. The number of aromatic nitrogens is 1. The highest BCUT2D eigenvalue weighted by molar-refractivity contribution is 5.98. The van der Waals surface area contributed by atoms with E-state index in [4.69, 9.17) is 11.2 Å². The number of terminal acetylenes is 1. The maximum atomic E-state index is 9.56. The number of para-hydroxylation sites is 1. The molecule has 1 aromatic heterocycles. The zero-order valence-electron chi connectivity index (χ0n) is 13.4. The number of ether oxygens (including phenoxy) is 1. The van der Waals surface area contributed by atoms with Crippen LogP contribution in [-0.2, 0) is 6.54 Å². The molecule has 3 nitrogen and oxygen atoms in total. The van der Waals surface area contributed by atoms with Crippen LogP contribution in [0.15, 0.2) is 54.7 Å². The predicted octanol–water partition coefficient (Wildman–Crippen LogP) is 4.35. The van der Waals surface area contributed by atoms with E-state index in [1.807, 2.05) is 65.4 Å². The number of hydrogen-bond acceptors (Lipinski definition) is 2. The summed E-state index contributed by atoms with van der Waals surface area (Å²) < 4.78 is 7.18. The Hall–Kier alpha value is -3.43. The summed E-state index contributed by atoms with van der Waals surface area (Å²) in [5.74, 6) is 3.43. The zero-order valence-corrected chi connectivity index (χ0v) is 13.4. The van der Waals surface area contributed by atoms with Gasteiger partial charge in [0, 0.05) is 22.7 Å². The fraction of sp³-hybridized carbons (Fsp3) is 0.0952. The molecule has 0 radical (unpaired) electrons. The van der Waals surface area contributed by atoms with Gasteiger partial charge < -0.3 is 9.30 Å². The van der Waals surface area contributed by atoms with Gasteiger partial charge in [-0.1, -0.05) is 24.1 Å². The molecule has 0 N–H and O–H groups in total. The van der Waals surface area contributed by atoms with Gasteiger partial charge in [0.2, 0.25) is 0 Å². The van der Waals surface area contributed by atoms with Crippen LogP contribution in [0.25, 0.3) is 22.6 Å². The molecule has 3 aromatic rings. The third-order valence-electron chi connectivity index (χ3n) is 3.90. The van der Waals surface area contributed by atoms with Crippen LogP contribution in [-0.4, -0.2) is 11.7 Å². The predicted molar refractivity (Wildman–Crippen MR) is 97.2 cm³/mol. The highest BCUT2D eigenvalue weighted by atomic mass is 16.5. The Morgan fingerprint density at radius 1 is 1.21 bits per heavy atom. The Balaban J connectivity index is 2.10. The first-order chi connectivity index (χ1) is 11.8. The van der Waals surface area contributed by atoms with E-state index in [0.29, 0.717) is 12.1 Å². The summed E-state index contributed by atoms with van der Waals surface area (Å²) in [7, 11) is 1.62. The van der Waals surface area contributed by atoms with Crippen LogP contribution in [0.3, 0.4) is 0 Å². The van der Waals surface area contributed by atoms with Gasteiger partial charge in [-0.25, -0.2) is 0 Å². The van der Waals surface area contributed by atoms with E-state index in [2.05, 4.69) is 12.0 Å². The average molecular weight is 312 g/mol. The van der Waals surface area contributed by atoms with Gasteiger partial charge in [-0.2, -0.15) is 5.26 Å². The second-order valence-electron chi connectivity index (χ2n) is 5.33. The van der Waals surface area contributed by atoms with Gasteiger partial charge in [-0.15, -0.1) is 6.42 Å². The van der Waals surface area contributed by atoms with Crippen molar-refractivity contribution in [2.75, 3.05) is 7.11 Å². The van der Waals surface area contributed by atoms with Gasteiger partial charge in [-0.3, -0.25) is 0 Å². The van der Waals surface area contributed by atoms with Crippen LogP contribution >= 0.6 is 0 Å². The fourth-order valence-corrected chi connectivity index (χ4v) is 2.73. The van der Waals surface area contributed by atoms with Crippen molar-refractivity contribution in [3.05, 3.63) is 65.9 Å². The molecular formula is C21H16N2O. The number of rotatable bonds is 4. The zero-order chi connectivity index (χ0) is 16.9. The summed E-state index contributed by atoms with van der Waals surface area (Å²) in [6, 6.07) is 17.8. The molecule has 3 rings (SSSR count). The van der Waals surface area contributed by atoms with Gasteiger partial charge >= 0.3 is 0 Å². The van der Waals surface area contributed by atoms with Gasteiger partial charge in [0.15, 0.2) is 0 Å². The normalized spacial score (nSPS) is 11.0. The van der Waals surface area contributed by atoms with E-state index < -0.39 is 0 Å². The molecule has 0 spiro atoms. The first-order valence-electron chi connectivity index (χ1n) is 7.54. The van der Waals surface area contributed by atoms with E-state index >= 15 is 0 Å². The third kappa shape index (κ3) is 2.89. The lowest BCUT2D eigenvalue weighted by molar-refractivity contribution is 0.415. The standard InChI is InChI=1S/C21H16N2O/c1-3-12-23-15-18(20-6-4-5-7-21(20)23)13-17(14-22)16-8-10-19(24-2)11-9-16/h1,4-11,13,15H,12H2,2H3/b17-13+. The highest BCUT2D eigenvalue weighted by Gasteiger charge is 2.08. The van der Waals surface area contributed by atoms with E-state index in [0.717, 1.165) is 27.8 Å². The molecular weight excluding hydrogens is 296 g/mol. The molecule has 0 aliphatic rings. The molecule has 2 aromatic carbocycles. The maximum absolute atomic E-state index is 9.56. The minimum absolute atomic E-state index is 0.499. The van der Waals surface area contributed by atoms with Crippen molar-refractivity contribution in [2.45, 2.75) is 6.54 Å². The number of nitriles is 1. The number of hydrogen-bond donors (Lipinski definition) is 0. The molecule has 24 heavy (non-hydrogen) atoms. The van der Waals surface area contributed by atoms with Crippen LogP contribution in [0.4, 0.5) is 0 Å². The lowest BCUT2D eigenvalue weighted by Crippen LogP contribution is -1.91. The average Bonchev–Trinajstić information content (AvgIpc) is 2.98. The SMILES string of the molecule is C#CCn1cc(/C=C(\C#N)c2ccc(OC)cc2)c2ccccc21. The summed E-state index contributed by atoms with van der Waals surface area (Å²) in [5, 5.41) is 10.6. The molecule has 0 fully saturated rings. The van der Waals surface area contributed by atoms with Crippen LogP contribution in [0.5, 0.6) is 5.75 Å². The Morgan fingerprint density at radius 3 is 2.62 bits per heavy atom. The van der Waals surface area contributed by atoms with Crippen LogP contribution in [0.2, 0.25) is 0 Å². The van der Waals surface area contributed by atoms with Crippen molar-refractivity contribution in [3.63, 3.8) is 0 Å². The van der Waals surface area contributed by atoms with Gasteiger partial charge in [0.1, 0.15) is 5.75 Å². The molecule has 116 valence electrons. The third-order valence-corrected chi connectivity index (χ3v) is 3.90. The van der Waals surface area contributed by atoms with Gasteiger partial charge in [0.05, 0.1) is 25.3 Å². The lowest BCUT2D eigenvalue weighted by Gasteiger charge is -2.02. The van der Waals surface area contributed by atoms with Crippen LogP contribution in [0, 0.1) is 23.7 Å². The van der Waals surface area contributed by atoms with Crippen LogP contribution in [0.1, 0.15) is 11.1 Å². The Kier molecular flexibility index (Phi) is 4.36. The fourth-order valence-electron chi connectivity index (χ4n) is 2.73. The van der Waals surface area contributed by atoms with E-state index in [9.17, 15) is 5.26 Å². The van der Waals surface area contributed by atoms with Crippen molar-refractivity contribution in [1.82, 2.24) is 4.57 Å². The van der Waals surface area contributed by atoms with Crippen molar-refractivity contribution in [2.24, 2.45) is 0 Å². The quantitative estimate of drug-likeness (QED) is 0.530. The van der Waals surface area contributed by atoms with Crippen molar-refractivity contribution in [3.8, 4) is 24.2 Å². The van der Waals surface area contributed by atoms with E-state index in [-0.39, 0.29) is 0 Å². The summed E-state index contributed by atoms with van der Waals surface area (Å²) >= 11 is 0. The molecule has 1 heterocycles. The summed E-state index contributed by atoms with van der Waals surface area (Å²) in [5.41, 5.74) is 3.50. The monoisotopic (exact) mass is 312 g/mol. The number of benzene rings is 2. The number of methoxy groups -OCH3 is 1. The molecule has 0 bridgehead atoms. The maximum Gasteiger partial charge on any atom is 0.118 e. The van der Waals surface area contributed by atoms with Crippen molar-refractivity contribution in [1.29, 1.82) is 5.26 Å². The smallest absolute Gasteiger partial charge is 0.118 e. The first-order valence-corrected chi connectivity index (χ1v) is 7.54. The molecule has 0 saturated heterocycles. The topological polar surface area (TPSA) is 38.0 Å². The molecule has 0 saturated carbocycles. The largest absolute Gasteiger partial charge is 0.497 e. The Bertz CT molecular complexity index is 979. The number of nitrogens with zero attached hydrogens (tertiary/aromatic N) is 2. The van der Waals surface area contributed by atoms with E-state index in [1.165, 1.54) is 0 Å². The van der Waals surface area contributed by atoms with Crippen molar-refractivity contribution >= 4 is 22.6 Å². The molecule has 0 aliphatic carbocycles. The van der Waals surface area contributed by atoms with Crippen molar-refractivity contribution < 1.29 is 4.74 Å². The summed E-state index contributed by atoms with van der Waals surface area (Å²) in [6.45, 7) is 0.499. The molecule has 0 atom stereocenters. The lowest BCUT2D eigenvalue weighted by atomic mass is 10.0. The molecule has 3 heteroatoms. The van der Waals surface area contributed by atoms with Gasteiger partial charge in [0.25, 0.3) is 0 Å². The Labute approximate surface area is 141 Å². The Morgan fingerprint density at radius 2 is 1.96 bits per heavy atom. The number of fused-ring (bicyclic) bond motifs is 1. The summed E-state index contributed by atoms with van der Waals surface area (Å²) in [4.78, 5) is 0. The molecule has 0 unspecified atom stereocenters. The second-order valence-corrected chi connectivity index (χ2v) is 5.33. The van der Waals surface area contributed by atoms with Gasteiger partial charge in [-0.05, 0) is 42.0 Å². The van der Waals surface area contributed by atoms with Crippen LogP contribution < -0.4 is 4.74 Å². The first kappa shape index (κ1) is 15.5. The second kappa shape index (κ2) is 6.77. The number of allylic oxidation sites excluding steroid dienone is 1. The minimum Gasteiger partial charge on any atom is -0.497 e. The summed E-state index contributed by atoms with van der Waals surface area (Å²) in [6.07, 6.45) is 9.35. The minimum atomic E-state index is 0.499. The molecule has 0 amide bonds. The van der Waals surface area contributed by atoms with E-state index in [1.54, 1.807) is 7.11 Å². The highest BCUT2D eigenvalue weighted by Crippen LogP contribution is 2.26.